The largest absolute Gasteiger partial charge is 2.00 e. The van der Waals surface area contributed by atoms with E-state index < -0.39 is 7.92 Å². The van der Waals surface area contributed by atoms with Crippen molar-refractivity contribution in [3.05, 3.63) is 156 Å². The van der Waals surface area contributed by atoms with Crippen molar-refractivity contribution in [3.63, 3.8) is 0 Å². The third-order valence-electron chi connectivity index (χ3n) is 9.64. The molecule has 0 aromatic heterocycles. The zero-order chi connectivity index (χ0) is 31.3. The first kappa shape index (κ1) is 42.5. The first-order valence-electron chi connectivity index (χ1n) is 17.3. The first-order chi connectivity index (χ1) is 22.1. The summed E-state index contributed by atoms with van der Waals surface area (Å²) in [7, 11) is 3.96. The Labute approximate surface area is 316 Å². The summed E-state index contributed by atoms with van der Waals surface area (Å²) >= 11 is 0. The van der Waals surface area contributed by atoms with Gasteiger partial charge in [-0.05, 0) is 166 Å². The number of nitrogens with zero attached hydrogens (tertiary/aromatic N) is 1. The van der Waals surface area contributed by atoms with Gasteiger partial charge in [0.25, 0.3) is 0 Å². The van der Waals surface area contributed by atoms with Gasteiger partial charge in [0.1, 0.15) is 0 Å². The zero-order valence-corrected chi connectivity index (χ0v) is 32.5. The van der Waals surface area contributed by atoms with Gasteiger partial charge >= 0.3 is 34.1 Å². The quantitative estimate of drug-likeness (QED) is 0.189. The van der Waals surface area contributed by atoms with Crippen molar-refractivity contribution in [2.75, 3.05) is 14.1 Å². The second-order valence-electron chi connectivity index (χ2n) is 12.9. The Balaban J connectivity index is 0.000000217. The smallest absolute Gasteiger partial charge is 0.306 e. The summed E-state index contributed by atoms with van der Waals surface area (Å²) in [5, 5.41) is 1.42. The van der Waals surface area contributed by atoms with E-state index in [1.54, 1.807) is 5.66 Å². The van der Waals surface area contributed by atoms with Gasteiger partial charge in [-0.3, -0.25) is 0 Å². The molecular weight excluding hydrogens is 692 g/mol. The van der Waals surface area contributed by atoms with E-state index in [0.29, 0.717) is 6.04 Å². The molecular formula is C42H53Fe2NP2+4. The summed E-state index contributed by atoms with van der Waals surface area (Å²) < 4.78 is 0. The molecule has 1 aromatic rings. The van der Waals surface area contributed by atoms with Gasteiger partial charge in [-0.25, -0.2) is 0 Å². The Morgan fingerprint density at radius 2 is 1.02 bits per heavy atom. The van der Waals surface area contributed by atoms with Crippen LogP contribution < -0.4 is 5.30 Å². The Kier molecular flexibility index (Phi) is 21.3. The summed E-state index contributed by atoms with van der Waals surface area (Å²) in [5.74, 6) is 1.45. The van der Waals surface area contributed by atoms with Crippen molar-refractivity contribution in [2.24, 2.45) is 0 Å². The molecule has 0 amide bonds. The molecule has 6 aliphatic carbocycles. The molecule has 0 N–H and O–H groups in total. The molecule has 47 heavy (non-hydrogen) atoms. The molecule has 7 rings (SSSR count). The maximum Gasteiger partial charge on any atom is 2.00 e. The average molecular weight is 746 g/mol. The van der Waals surface area contributed by atoms with Crippen molar-refractivity contribution in [3.8, 4) is 0 Å². The van der Waals surface area contributed by atoms with Crippen LogP contribution in [0.5, 0.6) is 0 Å². The summed E-state index contributed by atoms with van der Waals surface area (Å²) in [6, 6.07) is 11.3. The van der Waals surface area contributed by atoms with E-state index in [9.17, 15) is 0 Å². The van der Waals surface area contributed by atoms with Gasteiger partial charge < -0.3 is 4.90 Å². The standard InChI is InChI=1S/C20H22NP.C17H26P.C5H5.2Fe/c1-16(21(2)3)19-14-9-15-20(19)22(18-12-7-8-13-18)17-10-5-4-6-11-17;1-3-9-15(10-4-1)18(17-13-7-8-14-17)16-11-5-2-6-12-16;1-2-4-5-3-1;;/h4-16H,1-3H3;7-8,13-16H,1-6,9-12H2;1-5H;;/q;;;2*+2/t16-,22?;;;;/m1..../s1. The number of benzene rings is 1. The van der Waals surface area contributed by atoms with E-state index in [1.165, 1.54) is 86.7 Å². The molecule has 248 valence electrons. The van der Waals surface area contributed by atoms with E-state index in [1.807, 2.05) is 32.1 Å². The van der Waals surface area contributed by atoms with Crippen LogP contribution in [0.1, 0.15) is 71.1 Å². The Bertz CT molecular complexity index is 877. The fourth-order valence-electron chi connectivity index (χ4n) is 7.07. The van der Waals surface area contributed by atoms with Crippen molar-refractivity contribution >= 4 is 21.1 Å². The minimum atomic E-state index is -0.477. The maximum absolute atomic E-state index is 2.43. The number of hydrogen-bond acceptors (Lipinski definition) is 1. The van der Waals surface area contributed by atoms with Gasteiger partial charge in [0.2, 0.25) is 0 Å². The molecule has 6 saturated carbocycles. The second-order valence-corrected chi connectivity index (χ2v) is 17.9. The van der Waals surface area contributed by atoms with Crippen molar-refractivity contribution in [2.45, 2.75) is 88.5 Å². The monoisotopic (exact) mass is 745 g/mol. The SMILES string of the molecule is C[C@H]([C]1[CH][CH][CH][C]1P([C]1[CH][CH][CH][CH]1)c1ccccc1)N(C)C.[CH]1[CH][CH][CH][CH]1.[CH]1[CH][CH][C](P(C2CCCCC2)C2CCCCC2)[CH]1.[Fe+2].[Fe+2]. The summed E-state index contributed by atoms with van der Waals surface area (Å²) in [6.07, 6.45) is 50.0. The fourth-order valence-corrected chi connectivity index (χ4v) is 13.4. The molecule has 0 heterocycles. The Hall–Kier alpha value is 1.08. The molecule has 2 atom stereocenters. The van der Waals surface area contributed by atoms with Gasteiger partial charge in [-0.1, -0.05) is 84.7 Å². The number of hydrogen-bond donors (Lipinski definition) is 0. The van der Waals surface area contributed by atoms with Gasteiger partial charge in [0, 0.05) is 28.9 Å². The summed E-state index contributed by atoms with van der Waals surface area (Å²) in [6.45, 7) is 2.28. The van der Waals surface area contributed by atoms with Crippen LogP contribution in [-0.2, 0) is 34.1 Å². The van der Waals surface area contributed by atoms with Crippen LogP contribution in [0.3, 0.4) is 0 Å². The third-order valence-corrected chi connectivity index (χ3v) is 15.7. The van der Waals surface area contributed by atoms with E-state index in [4.69, 9.17) is 0 Å². The maximum atomic E-state index is 2.43. The van der Waals surface area contributed by atoms with E-state index >= 15 is 0 Å². The van der Waals surface area contributed by atoms with Crippen LogP contribution in [0.15, 0.2) is 30.3 Å². The number of rotatable bonds is 8. The molecule has 5 heteroatoms. The van der Waals surface area contributed by atoms with E-state index in [0.717, 1.165) is 11.3 Å². The van der Waals surface area contributed by atoms with Crippen LogP contribution >= 0.6 is 15.8 Å². The molecule has 6 aliphatic rings. The first-order valence-corrected chi connectivity index (χ1v) is 20.1. The molecule has 1 nitrogen and oxygen atoms in total. The topological polar surface area (TPSA) is 3.24 Å². The minimum Gasteiger partial charge on any atom is -0.306 e. The van der Waals surface area contributed by atoms with Gasteiger partial charge in [0.05, 0.1) is 0 Å². The van der Waals surface area contributed by atoms with Crippen LogP contribution in [0.25, 0.3) is 0 Å². The predicted octanol–water partition coefficient (Wildman–Crippen LogP) is 10.4. The van der Waals surface area contributed by atoms with Gasteiger partial charge in [-0.15, -0.1) is 0 Å². The predicted molar refractivity (Wildman–Crippen MR) is 199 cm³/mol. The molecule has 0 spiro atoms. The van der Waals surface area contributed by atoms with Gasteiger partial charge in [-0.2, -0.15) is 0 Å². The van der Waals surface area contributed by atoms with E-state index in [-0.39, 0.29) is 42.1 Å². The van der Waals surface area contributed by atoms with Crippen molar-refractivity contribution in [1.82, 2.24) is 4.90 Å². The van der Waals surface area contributed by atoms with Crippen molar-refractivity contribution in [1.29, 1.82) is 0 Å². The Morgan fingerprint density at radius 3 is 1.49 bits per heavy atom. The summed E-state index contributed by atoms with van der Waals surface area (Å²) in [5.41, 5.74) is 6.75. The van der Waals surface area contributed by atoms with Crippen LogP contribution in [0, 0.1) is 126 Å². The van der Waals surface area contributed by atoms with Crippen LogP contribution in [0.4, 0.5) is 0 Å². The Morgan fingerprint density at radius 1 is 0.553 bits per heavy atom. The zero-order valence-electron chi connectivity index (χ0n) is 28.5. The normalized spacial score (nSPS) is 25.0. The fraction of sp³-hybridized carbons (Fsp3) is 0.381. The molecule has 20 radical (unpaired) electrons. The van der Waals surface area contributed by atoms with Crippen molar-refractivity contribution < 1.29 is 34.1 Å². The average Bonchev–Trinajstić information content (AvgIpc) is 3.93. The third kappa shape index (κ3) is 12.9. The molecule has 1 unspecified atom stereocenters. The van der Waals surface area contributed by atoms with Crippen LogP contribution in [0.2, 0.25) is 0 Å². The molecule has 1 aromatic carbocycles. The molecule has 6 fully saturated rings. The molecule has 0 bridgehead atoms. The molecule has 0 aliphatic heterocycles. The van der Waals surface area contributed by atoms with Crippen LogP contribution in [-0.4, -0.2) is 36.4 Å². The van der Waals surface area contributed by atoms with Gasteiger partial charge in [0.15, 0.2) is 0 Å². The summed E-state index contributed by atoms with van der Waals surface area (Å²) in [4.78, 5) is 2.28. The van der Waals surface area contributed by atoms with E-state index in [2.05, 4.69) is 127 Å². The molecule has 0 saturated heterocycles. The minimum absolute atomic E-state index is 0. The second kappa shape index (κ2) is 23.6.